The van der Waals surface area contributed by atoms with Gasteiger partial charge in [0.15, 0.2) is 0 Å². The minimum absolute atomic E-state index is 0.00583. The summed E-state index contributed by atoms with van der Waals surface area (Å²) in [5, 5.41) is 0. The van der Waals surface area contributed by atoms with E-state index in [0.717, 1.165) is 12.8 Å². The Bertz CT molecular complexity index is 115. The molecule has 0 aliphatic heterocycles. The third-order valence-corrected chi connectivity index (χ3v) is 1.73. The number of carbonyl (C=O) groups excluding carboxylic acids is 1. The summed E-state index contributed by atoms with van der Waals surface area (Å²) in [6.45, 7) is 4.14. The maximum absolute atomic E-state index is 11.0. The Morgan fingerprint density at radius 2 is 2.27 bits per heavy atom. The molecular formula is C8H15ClO2. The van der Waals surface area contributed by atoms with Gasteiger partial charge >= 0.3 is 5.97 Å². The van der Waals surface area contributed by atoms with Gasteiger partial charge in [0, 0.05) is 5.88 Å². The SMILES string of the molecule is CCOC(=O)C(C)CCCCl. The lowest BCUT2D eigenvalue weighted by Crippen LogP contribution is -2.14. The standard InChI is InChI=1S/C8H15ClO2/c1-3-11-8(10)7(2)5-4-6-9/h7H,3-6H2,1-2H3. The summed E-state index contributed by atoms with van der Waals surface area (Å²) >= 11 is 5.48. The van der Waals surface area contributed by atoms with Crippen LogP contribution in [0.15, 0.2) is 0 Å². The number of ether oxygens (including phenoxy) is 1. The molecule has 0 fully saturated rings. The number of rotatable bonds is 5. The minimum Gasteiger partial charge on any atom is -0.466 e. The number of halogens is 1. The Morgan fingerprint density at radius 1 is 1.64 bits per heavy atom. The average molecular weight is 179 g/mol. The number of hydrogen-bond donors (Lipinski definition) is 0. The smallest absolute Gasteiger partial charge is 0.308 e. The third-order valence-electron chi connectivity index (χ3n) is 1.46. The normalized spacial score (nSPS) is 12.6. The minimum atomic E-state index is -0.113. The Hall–Kier alpha value is -0.240. The van der Waals surface area contributed by atoms with Gasteiger partial charge in [-0.25, -0.2) is 0 Å². The highest BCUT2D eigenvalue weighted by Gasteiger charge is 2.12. The van der Waals surface area contributed by atoms with E-state index in [0.29, 0.717) is 12.5 Å². The van der Waals surface area contributed by atoms with E-state index in [2.05, 4.69) is 0 Å². The molecule has 11 heavy (non-hydrogen) atoms. The highest BCUT2D eigenvalue weighted by atomic mass is 35.5. The van der Waals surface area contributed by atoms with Gasteiger partial charge in [-0.1, -0.05) is 6.92 Å². The zero-order chi connectivity index (χ0) is 8.69. The van der Waals surface area contributed by atoms with Crippen LogP contribution >= 0.6 is 11.6 Å². The van der Waals surface area contributed by atoms with Crippen LogP contribution in [0.2, 0.25) is 0 Å². The maximum Gasteiger partial charge on any atom is 0.308 e. The molecule has 2 nitrogen and oxygen atoms in total. The van der Waals surface area contributed by atoms with Crippen LogP contribution in [0.25, 0.3) is 0 Å². The molecule has 0 rings (SSSR count). The van der Waals surface area contributed by atoms with E-state index in [1.165, 1.54) is 0 Å². The molecule has 0 aromatic rings. The van der Waals surface area contributed by atoms with Crippen molar-refractivity contribution in [3.63, 3.8) is 0 Å². The Morgan fingerprint density at radius 3 is 2.73 bits per heavy atom. The molecule has 1 atom stereocenters. The van der Waals surface area contributed by atoms with E-state index in [1.807, 2.05) is 13.8 Å². The molecule has 0 heterocycles. The van der Waals surface area contributed by atoms with Gasteiger partial charge in [0.2, 0.25) is 0 Å². The van der Waals surface area contributed by atoms with Gasteiger partial charge in [-0.15, -0.1) is 11.6 Å². The fourth-order valence-corrected chi connectivity index (χ4v) is 0.940. The largest absolute Gasteiger partial charge is 0.466 e. The summed E-state index contributed by atoms with van der Waals surface area (Å²) in [5.74, 6) is 0.496. The molecule has 0 aromatic carbocycles. The molecule has 0 amide bonds. The van der Waals surface area contributed by atoms with Crippen LogP contribution in [0.4, 0.5) is 0 Å². The quantitative estimate of drug-likeness (QED) is 0.477. The molecule has 0 aliphatic carbocycles. The Kier molecular flexibility index (Phi) is 6.33. The Labute approximate surface area is 72.9 Å². The molecule has 3 heteroatoms. The van der Waals surface area contributed by atoms with Crippen LogP contribution in [0.1, 0.15) is 26.7 Å². The summed E-state index contributed by atoms with van der Waals surface area (Å²) in [5.41, 5.74) is 0. The van der Waals surface area contributed by atoms with Crippen molar-refractivity contribution in [3.05, 3.63) is 0 Å². The highest BCUT2D eigenvalue weighted by Crippen LogP contribution is 2.07. The van der Waals surface area contributed by atoms with Gasteiger partial charge in [0.05, 0.1) is 12.5 Å². The zero-order valence-corrected chi connectivity index (χ0v) is 7.86. The van der Waals surface area contributed by atoms with Gasteiger partial charge in [0.1, 0.15) is 0 Å². The van der Waals surface area contributed by atoms with E-state index in [9.17, 15) is 4.79 Å². The van der Waals surface area contributed by atoms with Crippen LogP contribution in [0, 0.1) is 5.92 Å². The van der Waals surface area contributed by atoms with Crippen LogP contribution < -0.4 is 0 Å². The lowest BCUT2D eigenvalue weighted by atomic mass is 10.1. The topological polar surface area (TPSA) is 26.3 Å². The van der Waals surface area contributed by atoms with Crippen LogP contribution in [0.5, 0.6) is 0 Å². The van der Waals surface area contributed by atoms with Crippen molar-refractivity contribution in [2.75, 3.05) is 12.5 Å². The molecule has 0 saturated heterocycles. The van der Waals surface area contributed by atoms with Gasteiger partial charge in [-0.2, -0.15) is 0 Å². The van der Waals surface area contributed by atoms with Crippen LogP contribution in [0.3, 0.4) is 0 Å². The molecular weight excluding hydrogens is 164 g/mol. The molecule has 0 radical (unpaired) electrons. The second kappa shape index (κ2) is 6.47. The van der Waals surface area contributed by atoms with Crippen molar-refractivity contribution in [1.29, 1.82) is 0 Å². The molecule has 0 saturated carbocycles. The first-order valence-electron chi connectivity index (χ1n) is 3.95. The van der Waals surface area contributed by atoms with Gasteiger partial charge in [-0.05, 0) is 19.8 Å². The molecule has 0 aliphatic rings. The van der Waals surface area contributed by atoms with E-state index in [4.69, 9.17) is 16.3 Å². The van der Waals surface area contributed by atoms with Gasteiger partial charge < -0.3 is 4.74 Å². The van der Waals surface area contributed by atoms with E-state index in [1.54, 1.807) is 0 Å². The summed E-state index contributed by atoms with van der Waals surface area (Å²) in [7, 11) is 0. The summed E-state index contributed by atoms with van der Waals surface area (Å²) in [6.07, 6.45) is 1.70. The van der Waals surface area contributed by atoms with Crippen molar-refractivity contribution < 1.29 is 9.53 Å². The van der Waals surface area contributed by atoms with Crippen LogP contribution in [-0.2, 0) is 9.53 Å². The van der Waals surface area contributed by atoms with Crippen LogP contribution in [-0.4, -0.2) is 18.5 Å². The monoisotopic (exact) mass is 178 g/mol. The fourth-order valence-electron chi connectivity index (χ4n) is 0.786. The number of esters is 1. The molecule has 0 spiro atoms. The van der Waals surface area contributed by atoms with Crippen molar-refractivity contribution in [2.45, 2.75) is 26.7 Å². The second-order valence-corrected chi connectivity index (χ2v) is 2.86. The van der Waals surface area contributed by atoms with Gasteiger partial charge in [0.25, 0.3) is 0 Å². The van der Waals surface area contributed by atoms with E-state index >= 15 is 0 Å². The average Bonchev–Trinajstić information content (AvgIpc) is 2.00. The fraction of sp³-hybridized carbons (Fsp3) is 0.875. The number of hydrogen-bond acceptors (Lipinski definition) is 2. The van der Waals surface area contributed by atoms with E-state index < -0.39 is 0 Å². The second-order valence-electron chi connectivity index (χ2n) is 2.48. The maximum atomic E-state index is 11.0. The summed E-state index contributed by atoms with van der Waals surface area (Å²) in [4.78, 5) is 11.0. The van der Waals surface area contributed by atoms with Crippen molar-refractivity contribution in [1.82, 2.24) is 0 Å². The first kappa shape index (κ1) is 10.8. The molecule has 0 bridgehead atoms. The summed E-state index contributed by atoms with van der Waals surface area (Å²) in [6, 6.07) is 0. The van der Waals surface area contributed by atoms with E-state index in [-0.39, 0.29) is 11.9 Å². The van der Waals surface area contributed by atoms with Crippen molar-refractivity contribution in [2.24, 2.45) is 5.92 Å². The number of alkyl halides is 1. The first-order valence-corrected chi connectivity index (χ1v) is 4.48. The zero-order valence-electron chi connectivity index (χ0n) is 7.10. The molecule has 1 unspecified atom stereocenters. The predicted octanol–water partition coefficient (Wildman–Crippen LogP) is 2.20. The third kappa shape index (κ3) is 5.08. The predicted molar refractivity (Wildman–Crippen MR) is 45.8 cm³/mol. The van der Waals surface area contributed by atoms with Crippen molar-refractivity contribution >= 4 is 17.6 Å². The van der Waals surface area contributed by atoms with Gasteiger partial charge in [-0.3, -0.25) is 4.79 Å². The lowest BCUT2D eigenvalue weighted by Gasteiger charge is -2.08. The highest BCUT2D eigenvalue weighted by molar-refractivity contribution is 6.17. The first-order chi connectivity index (χ1) is 5.22. The van der Waals surface area contributed by atoms with Crippen molar-refractivity contribution in [3.8, 4) is 0 Å². The number of carbonyl (C=O) groups is 1. The summed E-state index contributed by atoms with van der Waals surface area (Å²) < 4.78 is 4.82. The Balaban J connectivity index is 3.46. The lowest BCUT2D eigenvalue weighted by molar-refractivity contribution is -0.147. The molecule has 66 valence electrons. The molecule has 0 N–H and O–H groups in total. The molecule has 0 aromatic heterocycles.